The molecule has 1 aromatic carbocycles. The molecule has 0 spiro atoms. The molecule has 2 saturated heterocycles. The Morgan fingerprint density at radius 3 is 2.59 bits per heavy atom. The summed E-state index contributed by atoms with van der Waals surface area (Å²) in [5.41, 5.74) is 3.91. The second-order valence-corrected chi connectivity index (χ2v) is 10.2. The summed E-state index contributed by atoms with van der Waals surface area (Å²) in [6, 6.07) is 7.28. The van der Waals surface area contributed by atoms with Gasteiger partial charge in [-0.2, -0.15) is 9.97 Å². The van der Waals surface area contributed by atoms with Gasteiger partial charge in [0, 0.05) is 43.7 Å². The molecule has 8 heteroatoms. The Morgan fingerprint density at radius 2 is 1.94 bits per heavy atom. The fourth-order valence-electron chi connectivity index (χ4n) is 5.40. The number of nitrogens with zero attached hydrogens (tertiary/aromatic N) is 6. The molecule has 5 rings (SSSR count). The quantitative estimate of drug-likeness (QED) is 0.503. The zero-order valence-corrected chi connectivity index (χ0v) is 20.9. The summed E-state index contributed by atoms with van der Waals surface area (Å²) in [6.45, 7) is 12.0. The van der Waals surface area contributed by atoms with Gasteiger partial charge in [0.1, 0.15) is 17.2 Å². The Labute approximate surface area is 201 Å². The number of halogens is 1. The minimum absolute atomic E-state index is 0.174. The molecule has 3 aromatic rings. The summed E-state index contributed by atoms with van der Waals surface area (Å²) in [5, 5.41) is 0. The molecule has 0 amide bonds. The van der Waals surface area contributed by atoms with Crippen molar-refractivity contribution in [3.8, 4) is 6.01 Å². The monoisotopic (exact) mass is 466 g/mol. The molecule has 34 heavy (non-hydrogen) atoms. The summed E-state index contributed by atoms with van der Waals surface area (Å²) < 4.78 is 22.9. The van der Waals surface area contributed by atoms with Crippen LogP contribution in [0.1, 0.15) is 49.8 Å². The van der Waals surface area contributed by atoms with Crippen molar-refractivity contribution in [2.45, 2.75) is 65.7 Å². The first-order chi connectivity index (χ1) is 16.3. The van der Waals surface area contributed by atoms with Crippen molar-refractivity contribution in [2.24, 2.45) is 5.92 Å². The van der Waals surface area contributed by atoms with Crippen LogP contribution >= 0.6 is 0 Å². The Kier molecular flexibility index (Phi) is 6.29. The van der Waals surface area contributed by atoms with E-state index in [1.54, 1.807) is 6.07 Å². The van der Waals surface area contributed by atoms with Gasteiger partial charge in [-0.25, -0.2) is 9.37 Å². The lowest BCUT2D eigenvalue weighted by Gasteiger charge is -2.31. The SMILES string of the molecule is CCOc1nc(C)c2nc(CC(C)C)n(Cc3ccc(CN4C[C@H]5C[C@@H]4CN5C)cc3F)c2n1. The molecule has 2 bridgehead atoms. The summed E-state index contributed by atoms with van der Waals surface area (Å²) in [6.07, 6.45) is 2.01. The van der Waals surface area contributed by atoms with Crippen molar-refractivity contribution >= 4 is 11.2 Å². The Bertz CT molecular complexity index is 1190. The fourth-order valence-corrected chi connectivity index (χ4v) is 5.40. The number of benzene rings is 1. The highest BCUT2D eigenvalue weighted by molar-refractivity contribution is 5.74. The predicted molar refractivity (Wildman–Crippen MR) is 131 cm³/mol. The minimum atomic E-state index is -0.174. The molecule has 0 saturated carbocycles. The third-order valence-electron chi connectivity index (χ3n) is 7.15. The van der Waals surface area contributed by atoms with E-state index < -0.39 is 0 Å². The first-order valence-electron chi connectivity index (χ1n) is 12.4. The van der Waals surface area contributed by atoms with E-state index in [1.165, 1.54) is 6.42 Å². The smallest absolute Gasteiger partial charge is 0.318 e. The number of ether oxygens (including phenoxy) is 1. The predicted octanol–water partition coefficient (Wildman–Crippen LogP) is 3.81. The number of aromatic nitrogens is 4. The largest absolute Gasteiger partial charge is 0.464 e. The van der Waals surface area contributed by atoms with Gasteiger partial charge >= 0.3 is 6.01 Å². The number of fused-ring (bicyclic) bond motifs is 3. The molecular formula is C26H35FN6O. The van der Waals surface area contributed by atoms with E-state index in [-0.39, 0.29) is 5.82 Å². The van der Waals surface area contributed by atoms with E-state index in [2.05, 4.69) is 46.7 Å². The molecular weight excluding hydrogens is 431 g/mol. The Balaban J connectivity index is 1.42. The lowest BCUT2D eigenvalue weighted by atomic mass is 10.1. The summed E-state index contributed by atoms with van der Waals surface area (Å²) in [5.74, 6) is 1.14. The van der Waals surface area contributed by atoms with Crippen LogP contribution in [0.2, 0.25) is 0 Å². The van der Waals surface area contributed by atoms with E-state index >= 15 is 4.39 Å². The van der Waals surface area contributed by atoms with Gasteiger partial charge in [0.2, 0.25) is 0 Å². The van der Waals surface area contributed by atoms with Crippen molar-refractivity contribution < 1.29 is 9.13 Å². The van der Waals surface area contributed by atoms with Crippen molar-refractivity contribution in [3.05, 3.63) is 46.7 Å². The van der Waals surface area contributed by atoms with Gasteiger partial charge < -0.3 is 14.2 Å². The van der Waals surface area contributed by atoms with Crippen LogP contribution in [0.25, 0.3) is 11.2 Å². The van der Waals surface area contributed by atoms with Crippen molar-refractivity contribution in [3.63, 3.8) is 0 Å². The number of piperazine rings is 1. The van der Waals surface area contributed by atoms with Crippen LogP contribution in [-0.4, -0.2) is 68.1 Å². The lowest BCUT2D eigenvalue weighted by molar-refractivity contribution is 0.143. The van der Waals surface area contributed by atoms with Crippen molar-refractivity contribution in [1.82, 2.24) is 29.3 Å². The van der Waals surface area contributed by atoms with Crippen LogP contribution in [0.5, 0.6) is 6.01 Å². The summed E-state index contributed by atoms with van der Waals surface area (Å²) in [7, 11) is 2.20. The van der Waals surface area contributed by atoms with Gasteiger partial charge in [0.15, 0.2) is 5.65 Å². The second-order valence-electron chi connectivity index (χ2n) is 10.2. The average molecular weight is 467 g/mol. The van der Waals surface area contributed by atoms with Gasteiger partial charge in [0.25, 0.3) is 0 Å². The standard InChI is InChI=1S/C26H35FN6O/c1-6-34-26-28-17(4)24-25(30-26)33(23(29-24)9-16(2)3)13-19-8-7-18(10-22(19)27)12-32-15-20-11-21(32)14-31(20)5/h7-8,10,16,20-21H,6,9,11-15H2,1-5H3/t20-,21-/m1/s1. The first-order valence-corrected chi connectivity index (χ1v) is 12.4. The molecule has 2 fully saturated rings. The average Bonchev–Trinajstić information content (AvgIpc) is 3.43. The first kappa shape index (κ1) is 23.2. The van der Waals surface area contributed by atoms with Crippen LogP contribution in [-0.2, 0) is 19.5 Å². The number of hydrogen-bond donors (Lipinski definition) is 0. The Morgan fingerprint density at radius 1 is 1.12 bits per heavy atom. The van der Waals surface area contributed by atoms with E-state index in [4.69, 9.17) is 9.72 Å². The lowest BCUT2D eigenvalue weighted by Crippen LogP contribution is -2.43. The normalized spacial score (nSPS) is 20.8. The second kappa shape index (κ2) is 9.23. The van der Waals surface area contributed by atoms with Gasteiger partial charge in [0.05, 0.1) is 18.8 Å². The highest BCUT2D eigenvalue weighted by Gasteiger charge is 2.41. The van der Waals surface area contributed by atoms with Gasteiger partial charge in [-0.3, -0.25) is 4.90 Å². The van der Waals surface area contributed by atoms with E-state index in [0.29, 0.717) is 48.4 Å². The van der Waals surface area contributed by atoms with E-state index in [0.717, 1.165) is 48.7 Å². The van der Waals surface area contributed by atoms with Crippen LogP contribution in [0.15, 0.2) is 18.2 Å². The number of hydrogen-bond acceptors (Lipinski definition) is 6. The van der Waals surface area contributed by atoms with Crippen LogP contribution in [0, 0.1) is 18.7 Å². The fraction of sp³-hybridized carbons (Fsp3) is 0.577. The van der Waals surface area contributed by atoms with Gasteiger partial charge in [-0.15, -0.1) is 0 Å². The third-order valence-corrected chi connectivity index (χ3v) is 7.15. The van der Waals surface area contributed by atoms with E-state index in [1.807, 2.05) is 24.5 Å². The molecule has 0 aliphatic carbocycles. The van der Waals surface area contributed by atoms with E-state index in [9.17, 15) is 0 Å². The molecule has 0 N–H and O–H groups in total. The molecule has 2 atom stereocenters. The minimum Gasteiger partial charge on any atom is -0.464 e. The molecule has 4 heterocycles. The molecule has 182 valence electrons. The number of rotatable bonds is 8. The molecule has 7 nitrogen and oxygen atoms in total. The van der Waals surface area contributed by atoms with Crippen LogP contribution in [0.3, 0.4) is 0 Å². The zero-order chi connectivity index (χ0) is 24.0. The summed E-state index contributed by atoms with van der Waals surface area (Å²) in [4.78, 5) is 18.8. The molecule has 2 aliphatic heterocycles. The van der Waals surface area contributed by atoms with Gasteiger partial charge in [-0.1, -0.05) is 26.0 Å². The third kappa shape index (κ3) is 4.41. The number of likely N-dealkylation sites (tertiary alicyclic amines) is 2. The maximum atomic E-state index is 15.3. The highest BCUT2D eigenvalue weighted by Crippen LogP contribution is 2.31. The van der Waals surface area contributed by atoms with Crippen LogP contribution < -0.4 is 4.74 Å². The van der Waals surface area contributed by atoms with Crippen LogP contribution in [0.4, 0.5) is 4.39 Å². The zero-order valence-electron chi connectivity index (χ0n) is 20.9. The van der Waals surface area contributed by atoms with Crippen molar-refractivity contribution in [2.75, 3.05) is 26.7 Å². The number of aryl methyl sites for hydroxylation is 1. The number of imidazole rings is 1. The molecule has 0 unspecified atom stereocenters. The maximum absolute atomic E-state index is 15.3. The maximum Gasteiger partial charge on any atom is 0.318 e. The topological polar surface area (TPSA) is 59.3 Å². The molecule has 2 aliphatic rings. The molecule has 2 aromatic heterocycles. The molecule has 0 radical (unpaired) electrons. The Hall–Kier alpha value is -2.58. The summed E-state index contributed by atoms with van der Waals surface area (Å²) >= 11 is 0. The number of likely N-dealkylation sites (N-methyl/N-ethyl adjacent to an activating group) is 1. The highest BCUT2D eigenvalue weighted by atomic mass is 19.1. The van der Waals surface area contributed by atoms with Crippen molar-refractivity contribution in [1.29, 1.82) is 0 Å². The van der Waals surface area contributed by atoms with Gasteiger partial charge in [-0.05, 0) is 44.9 Å².